The van der Waals surface area contributed by atoms with Gasteiger partial charge in [0.05, 0.1) is 5.69 Å². The molecule has 2 N–H and O–H groups in total. The van der Waals surface area contributed by atoms with E-state index in [1.54, 1.807) is 30.1 Å². The fraction of sp³-hybridized carbons (Fsp3) is 0.500. The molecule has 0 bridgehead atoms. The van der Waals surface area contributed by atoms with Crippen LogP contribution in [-0.4, -0.2) is 37.4 Å². The van der Waals surface area contributed by atoms with Crippen LogP contribution < -0.4 is 10.6 Å². The van der Waals surface area contributed by atoms with Crippen molar-refractivity contribution in [3.63, 3.8) is 0 Å². The van der Waals surface area contributed by atoms with Crippen LogP contribution in [0.1, 0.15) is 32.8 Å². The van der Waals surface area contributed by atoms with Gasteiger partial charge in [-0.25, -0.2) is 4.39 Å². The van der Waals surface area contributed by atoms with Gasteiger partial charge in [-0.3, -0.25) is 10.3 Å². The summed E-state index contributed by atoms with van der Waals surface area (Å²) >= 11 is 0. The fourth-order valence-corrected chi connectivity index (χ4v) is 2.38. The van der Waals surface area contributed by atoms with E-state index < -0.39 is 0 Å². The molecule has 0 spiro atoms. The van der Waals surface area contributed by atoms with E-state index in [1.165, 1.54) is 0 Å². The normalized spacial score (nSPS) is 14.3. The first-order valence-corrected chi connectivity index (χ1v) is 8.99. The summed E-state index contributed by atoms with van der Waals surface area (Å²) in [6, 6.07) is 5.44. The van der Waals surface area contributed by atoms with E-state index >= 15 is 0 Å². The second kappa shape index (κ2) is 11.4. The SMILES string of the molecule is C=CCNC(C)N=NN(C)CCC(Nc1cccc(C)c1F)/C(C)=C/C. The Kier molecular flexibility index (Phi) is 9.58. The van der Waals surface area contributed by atoms with E-state index in [2.05, 4.69) is 27.6 Å². The lowest BCUT2D eigenvalue weighted by Crippen LogP contribution is -2.27. The molecule has 0 radical (unpaired) electrons. The second-order valence-corrected chi connectivity index (χ2v) is 6.41. The predicted octanol–water partition coefficient (Wildman–Crippen LogP) is 4.69. The molecule has 5 nitrogen and oxygen atoms in total. The van der Waals surface area contributed by atoms with Crippen molar-refractivity contribution in [3.8, 4) is 0 Å². The van der Waals surface area contributed by atoms with Crippen molar-refractivity contribution in [1.29, 1.82) is 0 Å². The second-order valence-electron chi connectivity index (χ2n) is 6.41. The van der Waals surface area contributed by atoms with Crippen molar-refractivity contribution in [2.45, 2.75) is 46.3 Å². The Bertz CT molecular complexity index is 627. The summed E-state index contributed by atoms with van der Waals surface area (Å²) in [5, 5.41) is 16.7. The van der Waals surface area contributed by atoms with E-state index in [1.807, 2.05) is 40.0 Å². The molecule has 1 aromatic rings. The molecule has 2 unspecified atom stereocenters. The molecular weight excluding hydrogens is 329 g/mol. The molecule has 0 saturated heterocycles. The van der Waals surface area contributed by atoms with Gasteiger partial charge in [0.2, 0.25) is 0 Å². The largest absolute Gasteiger partial charge is 0.376 e. The summed E-state index contributed by atoms with van der Waals surface area (Å²) in [4.78, 5) is 0. The summed E-state index contributed by atoms with van der Waals surface area (Å²) in [7, 11) is 1.89. The lowest BCUT2D eigenvalue weighted by Gasteiger charge is -2.23. The van der Waals surface area contributed by atoms with Crippen molar-refractivity contribution >= 4 is 5.69 Å². The number of aryl methyl sites for hydroxylation is 1. The number of halogens is 1. The van der Waals surface area contributed by atoms with Gasteiger partial charge in [0, 0.05) is 26.2 Å². The molecular formula is C20H32FN5. The van der Waals surface area contributed by atoms with Crippen molar-refractivity contribution in [3.05, 3.63) is 53.9 Å². The summed E-state index contributed by atoms with van der Waals surface area (Å²) in [6.07, 6.45) is 4.56. The predicted molar refractivity (Wildman–Crippen MR) is 108 cm³/mol. The van der Waals surface area contributed by atoms with Crippen LogP contribution in [0.2, 0.25) is 0 Å². The van der Waals surface area contributed by atoms with Gasteiger partial charge in [0.1, 0.15) is 12.0 Å². The minimum Gasteiger partial charge on any atom is -0.376 e. The van der Waals surface area contributed by atoms with Crippen molar-refractivity contribution < 1.29 is 4.39 Å². The van der Waals surface area contributed by atoms with Crippen LogP contribution in [0.5, 0.6) is 0 Å². The zero-order valence-electron chi connectivity index (χ0n) is 16.6. The first-order chi connectivity index (χ1) is 12.4. The number of benzene rings is 1. The van der Waals surface area contributed by atoms with Gasteiger partial charge in [-0.05, 0) is 45.7 Å². The van der Waals surface area contributed by atoms with Crippen LogP contribution in [0.15, 0.2) is 52.8 Å². The summed E-state index contributed by atoms with van der Waals surface area (Å²) < 4.78 is 14.3. The van der Waals surface area contributed by atoms with Crippen LogP contribution in [0.3, 0.4) is 0 Å². The number of nitrogens with zero attached hydrogens (tertiary/aromatic N) is 3. The third-order valence-corrected chi connectivity index (χ3v) is 4.20. The average molecular weight is 362 g/mol. The number of anilines is 1. The van der Waals surface area contributed by atoms with E-state index in [4.69, 9.17) is 0 Å². The Labute approximate surface area is 157 Å². The van der Waals surface area contributed by atoms with E-state index in [0.29, 0.717) is 24.3 Å². The van der Waals surface area contributed by atoms with Gasteiger partial charge in [-0.2, -0.15) is 5.11 Å². The Balaban J connectivity index is 2.67. The molecule has 0 aliphatic rings. The lowest BCUT2D eigenvalue weighted by atomic mass is 10.0. The molecule has 0 amide bonds. The molecule has 0 fully saturated rings. The minimum atomic E-state index is -0.198. The van der Waals surface area contributed by atoms with Gasteiger partial charge < -0.3 is 5.32 Å². The standard InChI is InChI=1S/C20H32FN5/c1-7-13-22-17(5)24-25-26(6)14-12-18(15(3)8-2)23-19-11-9-10-16(4)20(19)21/h7-11,17-18,22-23H,1,12-14H2,2-6H3/b15-8+,25-24?. The smallest absolute Gasteiger partial charge is 0.149 e. The minimum absolute atomic E-state index is 0.0327. The summed E-state index contributed by atoms with van der Waals surface area (Å²) in [6.45, 7) is 12.8. The van der Waals surface area contributed by atoms with Crippen LogP contribution >= 0.6 is 0 Å². The molecule has 26 heavy (non-hydrogen) atoms. The van der Waals surface area contributed by atoms with Gasteiger partial charge in [0.25, 0.3) is 0 Å². The number of rotatable bonds is 11. The average Bonchev–Trinajstić information content (AvgIpc) is 2.64. The number of nitrogens with one attached hydrogen (secondary N) is 2. The molecule has 0 aliphatic carbocycles. The van der Waals surface area contributed by atoms with Crippen LogP contribution in [0, 0.1) is 12.7 Å². The molecule has 0 heterocycles. The van der Waals surface area contributed by atoms with E-state index in [9.17, 15) is 4.39 Å². The zero-order valence-corrected chi connectivity index (χ0v) is 16.6. The highest BCUT2D eigenvalue weighted by molar-refractivity contribution is 5.49. The van der Waals surface area contributed by atoms with Crippen LogP contribution in [0.4, 0.5) is 10.1 Å². The molecule has 144 valence electrons. The zero-order chi connectivity index (χ0) is 19.5. The molecule has 0 saturated carbocycles. The lowest BCUT2D eigenvalue weighted by molar-refractivity contribution is 0.307. The van der Waals surface area contributed by atoms with Gasteiger partial charge >= 0.3 is 0 Å². The number of hydrogen-bond donors (Lipinski definition) is 2. The molecule has 0 aliphatic heterocycles. The maximum atomic E-state index is 14.3. The summed E-state index contributed by atoms with van der Waals surface area (Å²) in [5.41, 5.74) is 2.33. The Morgan fingerprint density at radius 3 is 2.81 bits per heavy atom. The molecule has 6 heteroatoms. The Morgan fingerprint density at radius 1 is 1.42 bits per heavy atom. The molecule has 1 aromatic carbocycles. The van der Waals surface area contributed by atoms with Gasteiger partial charge in [-0.15, -0.1) is 6.58 Å². The first kappa shape index (κ1) is 21.8. The molecule has 0 aromatic heterocycles. The van der Waals surface area contributed by atoms with Gasteiger partial charge in [-0.1, -0.05) is 35.1 Å². The fourth-order valence-electron chi connectivity index (χ4n) is 2.38. The molecule has 2 atom stereocenters. The van der Waals surface area contributed by atoms with Crippen LogP contribution in [-0.2, 0) is 0 Å². The highest BCUT2D eigenvalue weighted by Crippen LogP contribution is 2.21. The Morgan fingerprint density at radius 2 is 2.15 bits per heavy atom. The van der Waals surface area contributed by atoms with E-state index in [-0.39, 0.29) is 18.0 Å². The highest BCUT2D eigenvalue weighted by Gasteiger charge is 2.14. The van der Waals surface area contributed by atoms with Crippen LogP contribution in [0.25, 0.3) is 0 Å². The Hall–Kier alpha value is -2.21. The monoisotopic (exact) mass is 361 g/mol. The topological polar surface area (TPSA) is 52.0 Å². The first-order valence-electron chi connectivity index (χ1n) is 8.99. The maximum Gasteiger partial charge on any atom is 0.149 e. The maximum absolute atomic E-state index is 14.3. The quantitative estimate of drug-likeness (QED) is 0.341. The highest BCUT2D eigenvalue weighted by atomic mass is 19.1. The number of allylic oxidation sites excluding steroid dienone is 1. The van der Waals surface area contributed by atoms with Gasteiger partial charge in [0.15, 0.2) is 0 Å². The third-order valence-electron chi connectivity index (χ3n) is 4.20. The van der Waals surface area contributed by atoms with Crippen molar-refractivity contribution in [2.75, 3.05) is 25.5 Å². The molecule has 1 rings (SSSR count). The van der Waals surface area contributed by atoms with Crippen molar-refractivity contribution in [1.82, 2.24) is 10.3 Å². The van der Waals surface area contributed by atoms with E-state index in [0.717, 1.165) is 12.0 Å². The van der Waals surface area contributed by atoms with Crippen molar-refractivity contribution in [2.24, 2.45) is 10.3 Å². The third kappa shape index (κ3) is 7.35. The number of hydrogen-bond acceptors (Lipinski definition) is 4. The summed E-state index contributed by atoms with van der Waals surface area (Å²) in [5.74, 6) is -0.198.